The van der Waals surface area contributed by atoms with E-state index in [0.29, 0.717) is 0 Å². The van der Waals surface area contributed by atoms with Gasteiger partial charge in [-0.05, 0) is 184 Å². The molecule has 0 N–H and O–H groups in total. The maximum Gasteiger partial charge on any atom is 0.0788 e. The van der Waals surface area contributed by atoms with Crippen LogP contribution in [0.4, 0.5) is 17.1 Å². The SMILES string of the molecule is C1=Cc2c(c3ccccc3n2-c2cccc(-c3ccc(N(c4ccc(-c5cccc(-c6ccccc6)c5)cc4)c4ccc(-c5cccc(-n6c7ccccc7c7ccc8c9c(n(-c%10ccccc%10)c8c76)C=CCC9)c5)cc4)cc3)c2)CC1. The molecule has 4 heteroatoms. The summed E-state index contributed by atoms with van der Waals surface area (Å²) >= 11 is 0. The molecule has 0 amide bonds. The van der Waals surface area contributed by atoms with Crippen molar-refractivity contribution >= 4 is 72.8 Å². The lowest BCUT2D eigenvalue weighted by Crippen LogP contribution is -2.09. The third kappa shape index (κ3) is 7.97. The number of fused-ring (bicyclic) bond motifs is 10. The monoisotopic (exact) mass is 1050 g/mol. The Kier molecular flexibility index (Phi) is 11.4. The summed E-state index contributed by atoms with van der Waals surface area (Å²) in [6, 6.07) is 98.3. The van der Waals surface area contributed by atoms with Gasteiger partial charge in [-0.2, -0.15) is 0 Å². The van der Waals surface area contributed by atoms with Crippen LogP contribution in [0.1, 0.15) is 35.4 Å². The lowest BCUT2D eigenvalue weighted by molar-refractivity contribution is 0.967. The molecule has 2 aliphatic rings. The van der Waals surface area contributed by atoms with Gasteiger partial charge < -0.3 is 18.6 Å². The zero-order valence-corrected chi connectivity index (χ0v) is 45.3. The summed E-state index contributed by atoms with van der Waals surface area (Å²) in [5.41, 5.74) is 26.5. The van der Waals surface area contributed by atoms with Gasteiger partial charge in [-0.15, -0.1) is 0 Å². The quantitative estimate of drug-likeness (QED) is 0.133. The molecule has 0 spiro atoms. The van der Waals surface area contributed by atoms with Gasteiger partial charge in [0.25, 0.3) is 0 Å². The van der Waals surface area contributed by atoms with Gasteiger partial charge in [0.2, 0.25) is 0 Å². The molecule has 388 valence electrons. The lowest BCUT2D eigenvalue weighted by atomic mass is 9.98. The molecule has 82 heavy (non-hydrogen) atoms. The standard InChI is InChI=1S/C78H56N4/c1-3-18-53(19-4-1)57-20-15-21-58(50-57)54-36-42-62(43-37-54)79(63-44-38-55(39-45-63)59-22-16-26-65(51-59)80-73-32-11-7-28-67(73)68-29-8-12-33-74(68)80)64-46-40-56(41-47-64)60-23-17-27-66(52-60)82-76-35-14-10-31-70(76)72-49-48-71-69-30-9-13-34-75(69)81(77(71)78(72)82)61-24-5-2-6-25-61/h1-7,10-28,31-52H,8-9,29-30H2. The minimum absolute atomic E-state index is 1.03. The van der Waals surface area contributed by atoms with Crippen molar-refractivity contribution in [2.45, 2.75) is 25.7 Å². The van der Waals surface area contributed by atoms with E-state index >= 15 is 0 Å². The van der Waals surface area contributed by atoms with Crippen molar-refractivity contribution in [1.29, 1.82) is 0 Å². The summed E-state index contributed by atoms with van der Waals surface area (Å²) in [6.45, 7) is 0. The van der Waals surface area contributed by atoms with E-state index in [9.17, 15) is 0 Å². The van der Waals surface area contributed by atoms with Gasteiger partial charge in [-0.25, -0.2) is 0 Å². The van der Waals surface area contributed by atoms with Crippen molar-refractivity contribution in [3.8, 4) is 61.6 Å². The fourth-order valence-corrected chi connectivity index (χ4v) is 13.4. The molecule has 14 aromatic rings. The third-order valence-electron chi connectivity index (χ3n) is 17.2. The van der Waals surface area contributed by atoms with E-state index in [1.54, 1.807) is 0 Å². The van der Waals surface area contributed by atoms with Gasteiger partial charge in [-0.1, -0.05) is 188 Å². The second kappa shape index (κ2) is 19.7. The number of hydrogen-bond acceptors (Lipinski definition) is 1. The molecule has 0 saturated carbocycles. The molecule has 2 aliphatic carbocycles. The predicted molar refractivity (Wildman–Crippen MR) is 346 cm³/mol. The maximum atomic E-state index is 2.51. The third-order valence-corrected chi connectivity index (χ3v) is 17.2. The molecule has 0 bridgehead atoms. The van der Waals surface area contributed by atoms with Gasteiger partial charge >= 0.3 is 0 Å². The molecule has 3 heterocycles. The number of hydrogen-bond donors (Lipinski definition) is 0. The van der Waals surface area contributed by atoms with Crippen LogP contribution in [0.2, 0.25) is 0 Å². The number of benzene rings is 11. The second-order valence-corrected chi connectivity index (χ2v) is 21.9. The molecule has 0 radical (unpaired) electrons. The molecule has 3 aromatic heterocycles. The van der Waals surface area contributed by atoms with Crippen LogP contribution in [0, 0.1) is 0 Å². The molecular weight excluding hydrogens is 993 g/mol. The normalized spacial score (nSPS) is 12.8. The van der Waals surface area contributed by atoms with Gasteiger partial charge in [0.15, 0.2) is 0 Å². The van der Waals surface area contributed by atoms with Crippen LogP contribution in [0.25, 0.3) is 117 Å². The zero-order valence-electron chi connectivity index (χ0n) is 45.3. The van der Waals surface area contributed by atoms with Crippen LogP contribution < -0.4 is 4.90 Å². The van der Waals surface area contributed by atoms with Crippen LogP contribution in [-0.2, 0) is 12.8 Å². The summed E-state index contributed by atoms with van der Waals surface area (Å²) in [7, 11) is 0. The number of allylic oxidation sites excluding steroid dienone is 2. The van der Waals surface area contributed by atoms with E-state index in [0.717, 1.165) is 59.6 Å². The Morgan fingerprint density at radius 3 is 1.26 bits per heavy atom. The molecule has 0 fully saturated rings. The minimum Gasteiger partial charge on any atom is -0.311 e. The number of rotatable bonds is 10. The molecule has 0 unspecified atom stereocenters. The Labute approximate surface area is 477 Å². The van der Waals surface area contributed by atoms with E-state index in [4.69, 9.17) is 0 Å². The van der Waals surface area contributed by atoms with Gasteiger partial charge in [0.05, 0.1) is 22.1 Å². The summed E-state index contributed by atoms with van der Waals surface area (Å²) in [6.07, 6.45) is 13.5. The first-order valence-corrected chi connectivity index (χ1v) is 28.8. The van der Waals surface area contributed by atoms with E-state index in [1.807, 2.05) is 0 Å². The molecule has 16 rings (SSSR count). The van der Waals surface area contributed by atoms with Crippen LogP contribution in [0.15, 0.2) is 279 Å². The number of anilines is 3. The predicted octanol–water partition coefficient (Wildman–Crippen LogP) is 20.7. The highest BCUT2D eigenvalue weighted by molar-refractivity contribution is 6.19. The average molecular weight is 1050 g/mol. The number of aryl methyl sites for hydroxylation is 2. The van der Waals surface area contributed by atoms with Gasteiger partial charge in [0, 0.05) is 67.1 Å². The highest BCUT2D eigenvalue weighted by Crippen LogP contribution is 2.44. The van der Waals surface area contributed by atoms with Crippen molar-refractivity contribution in [3.63, 3.8) is 0 Å². The average Bonchev–Trinajstić information content (AvgIpc) is 3.70. The van der Waals surface area contributed by atoms with E-state index in [-0.39, 0.29) is 0 Å². The zero-order chi connectivity index (χ0) is 54.1. The Morgan fingerprint density at radius 1 is 0.268 bits per heavy atom. The molecule has 0 saturated heterocycles. The van der Waals surface area contributed by atoms with E-state index in [2.05, 4.69) is 310 Å². The Bertz CT molecular complexity index is 4820. The van der Waals surface area contributed by atoms with Crippen LogP contribution in [0.3, 0.4) is 0 Å². The highest BCUT2D eigenvalue weighted by atomic mass is 15.1. The van der Waals surface area contributed by atoms with Crippen molar-refractivity contribution in [1.82, 2.24) is 13.7 Å². The molecular formula is C78H56N4. The lowest BCUT2D eigenvalue weighted by Gasteiger charge is -2.26. The highest BCUT2D eigenvalue weighted by Gasteiger charge is 2.25. The summed E-state index contributed by atoms with van der Waals surface area (Å²) in [5.74, 6) is 0. The topological polar surface area (TPSA) is 18.0 Å². The maximum absolute atomic E-state index is 2.51. The van der Waals surface area contributed by atoms with Gasteiger partial charge in [0.1, 0.15) is 0 Å². The second-order valence-electron chi connectivity index (χ2n) is 21.9. The summed E-state index contributed by atoms with van der Waals surface area (Å²) in [4.78, 5) is 2.38. The van der Waals surface area contributed by atoms with Crippen molar-refractivity contribution < 1.29 is 0 Å². The van der Waals surface area contributed by atoms with Crippen molar-refractivity contribution in [3.05, 3.63) is 302 Å². The smallest absolute Gasteiger partial charge is 0.0788 e. The Hall–Kier alpha value is -10.4. The Balaban J connectivity index is 0.783. The van der Waals surface area contributed by atoms with Crippen LogP contribution >= 0.6 is 0 Å². The first-order valence-electron chi connectivity index (χ1n) is 28.8. The number of nitrogens with zero attached hydrogens (tertiary/aromatic N) is 4. The van der Waals surface area contributed by atoms with Crippen LogP contribution in [0.5, 0.6) is 0 Å². The molecule has 11 aromatic carbocycles. The summed E-state index contributed by atoms with van der Waals surface area (Å²) in [5, 5.41) is 5.18. The first kappa shape index (κ1) is 47.6. The van der Waals surface area contributed by atoms with Crippen molar-refractivity contribution in [2.75, 3.05) is 4.90 Å². The fourth-order valence-electron chi connectivity index (χ4n) is 13.4. The first-order chi connectivity index (χ1) is 40.7. The minimum atomic E-state index is 1.03. The van der Waals surface area contributed by atoms with E-state index in [1.165, 1.54) is 111 Å². The number of para-hydroxylation sites is 3. The van der Waals surface area contributed by atoms with Crippen LogP contribution in [-0.4, -0.2) is 13.7 Å². The van der Waals surface area contributed by atoms with Gasteiger partial charge in [-0.3, -0.25) is 0 Å². The largest absolute Gasteiger partial charge is 0.311 e. The van der Waals surface area contributed by atoms with Crippen molar-refractivity contribution in [2.24, 2.45) is 0 Å². The summed E-state index contributed by atoms with van der Waals surface area (Å²) < 4.78 is 7.46. The molecule has 4 nitrogen and oxygen atoms in total. The molecule has 0 atom stereocenters. The fraction of sp³-hybridized carbons (Fsp3) is 0.0513. The van der Waals surface area contributed by atoms with E-state index < -0.39 is 0 Å². The Morgan fingerprint density at radius 2 is 0.671 bits per heavy atom. The number of aromatic nitrogens is 3. The molecule has 0 aliphatic heterocycles.